The Morgan fingerprint density at radius 2 is 1.90 bits per heavy atom. The van der Waals surface area contributed by atoms with E-state index in [0.717, 1.165) is 10.0 Å². The van der Waals surface area contributed by atoms with Crippen LogP contribution in [0.4, 0.5) is 5.69 Å². The molecule has 0 aliphatic heterocycles. The van der Waals surface area contributed by atoms with Crippen LogP contribution in [0.15, 0.2) is 51.8 Å². The summed E-state index contributed by atoms with van der Waals surface area (Å²) in [6.07, 6.45) is 1.20. The molecule has 0 aliphatic carbocycles. The lowest BCUT2D eigenvalue weighted by molar-refractivity contribution is 0.602. The standard InChI is InChI=1S/C14H13BrClNO2S/c1-20(18,19)14-5-3-2-4-13(14)17-9-10-6-7-11(15)12(16)8-10/h2-8,17H,9H2,1H3. The Labute approximate surface area is 132 Å². The van der Waals surface area contributed by atoms with Crippen LogP contribution >= 0.6 is 27.5 Å². The summed E-state index contributed by atoms with van der Waals surface area (Å²) in [5.74, 6) is 0. The van der Waals surface area contributed by atoms with Gasteiger partial charge in [0.2, 0.25) is 0 Å². The van der Waals surface area contributed by atoms with Gasteiger partial charge < -0.3 is 5.32 Å². The first-order valence-corrected chi connectivity index (χ1v) is 8.91. The van der Waals surface area contributed by atoms with Crippen LogP contribution in [0.3, 0.4) is 0 Å². The second-order valence-corrected chi connectivity index (χ2v) is 7.62. The topological polar surface area (TPSA) is 46.2 Å². The Balaban J connectivity index is 2.21. The average molecular weight is 375 g/mol. The summed E-state index contributed by atoms with van der Waals surface area (Å²) in [6.45, 7) is 0.500. The molecule has 0 heterocycles. The highest BCUT2D eigenvalue weighted by atomic mass is 79.9. The van der Waals surface area contributed by atoms with Crippen molar-refractivity contribution in [1.82, 2.24) is 0 Å². The van der Waals surface area contributed by atoms with E-state index >= 15 is 0 Å². The zero-order chi connectivity index (χ0) is 14.8. The summed E-state index contributed by atoms with van der Waals surface area (Å²) in [4.78, 5) is 0.295. The molecule has 0 spiro atoms. The monoisotopic (exact) mass is 373 g/mol. The first-order chi connectivity index (χ1) is 9.38. The molecule has 0 amide bonds. The van der Waals surface area contributed by atoms with Gasteiger partial charge in [0.25, 0.3) is 0 Å². The van der Waals surface area contributed by atoms with Gasteiger partial charge in [0.05, 0.1) is 15.6 Å². The molecular formula is C14H13BrClNO2S. The summed E-state index contributed by atoms with van der Waals surface area (Å²) in [5, 5.41) is 3.76. The van der Waals surface area contributed by atoms with Crippen LogP contribution in [0.5, 0.6) is 0 Å². The smallest absolute Gasteiger partial charge is 0.177 e. The number of hydrogen-bond acceptors (Lipinski definition) is 3. The third-order valence-corrected chi connectivity index (χ3v) is 5.14. The normalized spacial score (nSPS) is 11.3. The predicted octanol–water partition coefficient (Wildman–Crippen LogP) is 4.12. The molecule has 1 N–H and O–H groups in total. The molecule has 0 bridgehead atoms. The number of anilines is 1. The fourth-order valence-corrected chi connectivity index (χ4v) is 3.10. The van der Waals surface area contributed by atoms with Crippen molar-refractivity contribution < 1.29 is 8.42 Å². The van der Waals surface area contributed by atoms with Crippen molar-refractivity contribution in [3.05, 3.63) is 57.5 Å². The Morgan fingerprint density at radius 3 is 2.55 bits per heavy atom. The van der Waals surface area contributed by atoms with E-state index < -0.39 is 9.84 Å². The van der Waals surface area contributed by atoms with Gasteiger partial charge >= 0.3 is 0 Å². The van der Waals surface area contributed by atoms with Crippen molar-refractivity contribution in [2.75, 3.05) is 11.6 Å². The average Bonchev–Trinajstić information content (AvgIpc) is 2.39. The van der Waals surface area contributed by atoms with Gasteiger partial charge in [0.1, 0.15) is 0 Å². The minimum atomic E-state index is -3.25. The van der Waals surface area contributed by atoms with Crippen LogP contribution in [0.1, 0.15) is 5.56 Å². The lowest BCUT2D eigenvalue weighted by atomic mass is 10.2. The third-order valence-electron chi connectivity index (χ3n) is 2.75. The molecule has 3 nitrogen and oxygen atoms in total. The Morgan fingerprint density at radius 1 is 1.20 bits per heavy atom. The molecule has 2 aromatic rings. The molecule has 0 saturated carbocycles. The second kappa shape index (κ2) is 6.16. The number of rotatable bonds is 4. The summed E-state index contributed by atoms with van der Waals surface area (Å²) in [5.41, 5.74) is 1.57. The van der Waals surface area contributed by atoms with E-state index in [1.807, 2.05) is 18.2 Å². The quantitative estimate of drug-likeness (QED) is 0.875. The van der Waals surface area contributed by atoms with Crippen molar-refractivity contribution in [3.8, 4) is 0 Å². The van der Waals surface area contributed by atoms with Crippen molar-refractivity contribution in [2.45, 2.75) is 11.4 Å². The Hall–Kier alpha value is -1.04. The van der Waals surface area contributed by atoms with Gasteiger partial charge in [-0.2, -0.15) is 0 Å². The zero-order valence-corrected chi connectivity index (χ0v) is 13.9. The molecule has 6 heteroatoms. The summed E-state index contributed by atoms with van der Waals surface area (Å²) >= 11 is 9.36. The van der Waals surface area contributed by atoms with Gasteiger partial charge in [-0.1, -0.05) is 29.8 Å². The molecule has 2 rings (SSSR count). The van der Waals surface area contributed by atoms with Crippen LogP contribution in [-0.4, -0.2) is 14.7 Å². The van der Waals surface area contributed by atoms with Crippen LogP contribution < -0.4 is 5.32 Å². The second-order valence-electron chi connectivity index (χ2n) is 4.37. The SMILES string of the molecule is CS(=O)(=O)c1ccccc1NCc1ccc(Br)c(Cl)c1. The summed E-state index contributed by atoms with van der Waals surface area (Å²) in [6, 6.07) is 12.5. The van der Waals surface area contributed by atoms with E-state index in [2.05, 4.69) is 21.2 Å². The van der Waals surface area contributed by atoms with Gasteiger partial charge in [0, 0.05) is 17.3 Å². The zero-order valence-electron chi connectivity index (χ0n) is 10.7. The third kappa shape index (κ3) is 3.75. The van der Waals surface area contributed by atoms with Crippen LogP contribution in [-0.2, 0) is 16.4 Å². The fraction of sp³-hybridized carbons (Fsp3) is 0.143. The van der Waals surface area contributed by atoms with Gasteiger partial charge in [-0.3, -0.25) is 0 Å². The molecule has 0 fully saturated rings. The van der Waals surface area contributed by atoms with E-state index in [9.17, 15) is 8.42 Å². The number of para-hydroxylation sites is 1. The van der Waals surface area contributed by atoms with E-state index in [-0.39, 0.29) is 0 Å². The van der Waals surface area contributed by atoms with Crippen molar-refractivity contribution >= 4 is 43.1 Å². The van der Waals surface area contributed by atoms with Gasteiger partial charge in [-0.25, -0.2) is 8.42 Å². The van der Waals surface area contributed by atoms with Crippen LogP contribution in [0, 0.1) is 0 Å². The van der Waals surface area contributed by atoms with E-state index in [1.54, 1.807) is 24.3 Å². The molecule has 0 unspecified atom stereocenters. The van der Waals surface area contributed by atoms with Gasteiger partial charge in [0.15, 0.2) is 9.84 Å². The van der Waals surface area contributed by atoms with Crippen molar-refractivity contribution in [3.63, 3.8) is 0 Å². The highest BCUT2D eigenvalue weighted by molar-refractivity contribution is 9.10. The molecule has 106 valence electrons. The maximum Gasteiger partial charge on any atom is 0.177 e. The molecule has 0 saturated heterocycles. The lowest BCUT2D eigenvalue weighted by Crippen LogP contribution is -2.06. The van der Waals surface area contributed by atoms with Crippen molar-refractivity contribution in [2.24, 2.45) is 0 Å². The number of halogens is 2. The molecule has 20 heavy (non-hydrogen) atoms. The summed E-state index contributed by atoms with van der Waals surface area (Å²) in [7, 11) is -3.25. The number of benzene rings is 2. The first kappa shape index (κ1) is 15.4. The number of hydrogen-bond donors (Lipinski definition) is 1. The molecular weight excluding hydrogens is 362 g/mol. The highest BCUT2D eigenvalue weighted by Gasteiger charge is 2.12. The van der Waals surface area contributed by atoms with Gasteiger partial charge in [-0.05, 0) is 45.8 Å². The Bertz CT molecular complexity index is 732. The van der Waals surface area contributed by atoms with E-state index in [0.29, 0.717) is 22.2 Å². The summed E-state index contributed by atoms with van der Waals surface area (Å²) < 4.78 is 24.2. The van der Waals surface area contributed by atoms with Gasteiger partial charge in [-0.15, -0.1) is 0 Å². The molecule has 0 atom stereocenters. The van der Waals surface area contributed by atoms with Crippen LogP contribution in [0.2, 0.25) is 5.02 Å². The molecule has 0 aromatic heterocycles. The lowest BCUT2D eigenvalue weighted by Gasteiger charge is -2.11. The Kier molecular flexibility index (Phi) is 4.73. The maximum absolute atomic E-state index is 11.7. The molecule has 2 aromatic carbocycles. The van der Waals surface area contributed by atoms with E-state index in [1.165, 1.54) is 6.26 Å². The fourth-order valence-electron chi connectivity index (χ4n) is 1.78. The first-order valence-electron chi connectivity index (χ1n) is 5.85. The maximum atomic E-state index is 11.7. The van der Waals surface area contributed by atoms with Crippen LogP contribution in [0.25, 0.3) is 0 Å². The molecule has 0 radical (unpaired) electrons. The number of nitrogens with one attached hydrogen (secondary N) is 1. The minimum Gasteiger partial charge on any atom is -0.380 e. The number of sulfone groups is 1. The largest absolute Gasteiger partial charge is 0.380 e. The minimum absolute atomic E-state index is 0.295. The predicted molar refractivity (Wildman–Crippen MR) is 86.0 cm³/mol. The molecule has 0 aliphatic rings. The highest BCUT2D eigenvalue weighted by Crippen LogP contribution is 2.25. The van der Waals surface area contributed by atoms with E-state index in [4.69, 9.17) is 11.6 Å². The van der Waals surface area contributed by atoms with Crippen molar-refractivity contribution in [1.29, 1.82) is 0 Å².